The van der Waals surface area contributed by atoms with Crippen molar-refractivity contribution < 1.29 is 9.59 Å². The van der Waals surface area contributed by atoms with Crippen LogP contribution in [-0.2, 0) is 9.59 Å². The smallest absolute Gasteiger partial charge is 0.241 e. The fourth-order valence-corrected chi connectivity index (χ4v) is 2.49. The number of likely N-dealkylation sites (N-methyl/N-ethyl adjacent to an activating group) is 1. The van der Waals surface area contributed by atoms with Crippen molar-refractivity contribution in [2.45, 2.75) is 19.0 Å². The number of hydrogen-bond donors (Lipinski definition) is 2. The largest absolute Gasteiger partial charge is 0.353 e. The average Bonchev–Trinajstić information content (AvgIpc) is 2.46. The van der Waals surface area contributed by atoms with Gasteiger partial charge in [-0.15, -0.1) is 0 Å². The number of hydrogen-bond acceptors (Lipinski definition) is 3. The molecule has 0 radical (unpaired) electrons. The summed E-state index contributed by atoms with van der Waals surface area (Å²) < 4.78 is 0. The van der Waals surface area contributed by atoms with E-state index in [-0.39, 0.29) is 30.4 Å². The minimum atomic E-state index is -0.386. The summed E-state index contributed by atoms with van der Waals surface area (Å²) in [4.78, 5) is 25.1. The van der Waals surface area contributed by atoms with E-state index in [9.17, 15) is 9.59 Å². The molecule has 1 aromatic rings. The summed E-state index contributed by atoms with van der Waals surface area (Å²) in [6, 6.07) is 6.96. The first-order chi connectivity index (χ1) is 9.50. The highest BCUT2D eigenvalue weighted by Crippen LogP contribution is 2.26. The molecule has 1 heterocycles. The summed E-state index contributed by atoms with van der Waals surface area (Å²) in [6.07, 6.45) is 0. The van der Waals surface area contributed by atoms with Crippen LogP contribution in [0.2, 0.25) is 5.02 Å². The Morgan fingerprint density at radius 3 is 2.75 bits per heavy atom. The topological polar surface area (TPSA) is 61.4 Å². The van der Waals surface area contributed by atoms with Crippen molar-refractivity contribution in [1.82, 2.24) is 15.5 Å². The Kier molecular flexibility index (Phi) is 4.62. The van der Waals surface area contributed by atoms with Crippen LogP contribution in [0.25, 0.3) is 0 Å². The molecule has 108 valence electrons. The SMILES string of the molecule is CC(c1ccccc1Cl)N(C)C(=O)C1CNC(=O)CN1. The van der Waals surface area contributed by atoms with Gasteiger partial charge in [-0.2, -0.15) is 0 Å². The summed E-state index contributed by atoms with van der Waals surface area (Å²) in [5, 5.41) is 6.26. The number of carbonyl (C=O) groups is 2. The first-order valence-electron chi connectivity index (χ1n) is 6.52. The van der Waals surface area contributed by atoms with Crippen molar-refractivity contribution in [3.8, 4) is 0 Å². The van der Waals surface area contributed by atoms with Gasteiger partial charge in [0.2, 0.25) is 11.8 Å². The number of rotatable bonds is 3. The highest BCUT2D eigenvalue weighted by atomic mass is 35.5. The van der Waals surface area contributed by atoms with Gasteiger partial charge in [-0.25, -0.2) is 0 Å². The van der Waals surface area contributed by atoms with Crippen LogP contribution < -0.4 is 10.6 Å². The van der Waals surface area contributed by atoms with Crippen molar-refractivity contribution >= 4 is 23.4 Å². The third-order valence-electron chi connectivity index (χ3n) is 3.59. The third-order valence-corrected chi connectivity index (χ3v) is 3.94. The standard InChI is InChI=1S/C14H18ClN3O2/c1-9(10-5-3-4-6-11(10)15)18(2)14(20)12-7-17-13(19)8-16-12/h3-6,9,12,16H,7-8H2,1-2H3,(H,17,19). The van der Waals surface area contributed by atoms with Gasteiger partial charge in [0.15, 0.2) is 0 Å². The van der Waals surface area contributed by atoms with Crippen LogP contribution in [0, 0.1) is 0 Å². The number of benzene rings is 1. The van der Waals surface area contributed by atoms with E-state index in [0.29, 0.717) is 11.6 Å². The summed E-state index contributed by atoms with van der Waals surface area (Å²) in [6.45, 7) is 2.42. The Labute approximate surface area is 123 Å². The fourth-order valence-electron chi connectivity index (χ4n) is 2.20. The second-order valence-corrected chi connectivity index (χ2v) is 5.29. The predicted octanol–water partition coefficient (Wildman–Crippen LogP) is 0.947. The lowest BCUT2D eigenvalue weighted by molar-refractivity contribution is -0.135. The van der Waals surface area contributed by atoms with Crippen LogP contribution >= 0.6 is 11.6 Å². The number of nitrogens with zero attached hydrogens (tertiary/aromatic N) is 1. The van der Waals surface area contributed by atoms with Gasteiger partial charge in [-0.3, -0.25) is 14.9 Å². The van der Waals surface area contributed by atoms with E-state index in [1.807, 2.05) is 31.2 Å². The Bertz CT molecular complexity index is 511. The van der Waals surface area contributed by atoms with Gasteiger partial charge in [-0.05, 0) is 18.6 Å². The molecule has 0 saturated carbocycles. The lowest BCUT2D eigenvalue weighted by atomic mass is 10.1. The molecule has 2 amide bonds. The van der Waals surface area contributed by atoms with Crippen molar-refractivity contribution in [3.05, 3.63) is 34.9 Å². The monoisotopic (exact) mass is 295 g/mol. The molecule has 1 aliphatic heterocycles. The zero-order valence-electron chi connectivity index (χ0n) is 11.5. The highest BCUT2D eigenvalue weighted by Gasteiger charge is 2.29. The fraction of sp³-hybridized carbons (Fsp3) is 0.429. The molecule has 6 heteroatoms. The first-order valence-corrected chi connectivity index (χ1v) is 6.89. The molecule has 0 aromatic heterocycles. The first kappa shape index (κ1) is 14.8. The van der Waals surface area contributed by atoms with Crippen LogP contribution in [0.1, 0.15) is 18.5 Å². The zero-order chi connectivity index (χ0) is 14.7. The molecule has 0 spiro atoms. The van der Waals surface area contributed by atoms with Crippen LogP contribution in [0.4, 0.5) is 0 Å². The van der Waals surface area contributed by atoms with Gasteiger partial charge in [0.25, 0.3) is 0 Å². The highest BCUT2D eigenvalue weighted by molar-refractivity contribution is 6.31. The maximum Gasteiger partial charge on any atom is 0.241 e. The average molecular weight is 296 g/mol. The molecule has 5 nitrogen and oxygen atoms in total. The molecular weight excluding hydrogens is 278 g/mol. The lowest BCUT2D eigenvalue weighted by Gasteiger charge is -2.31. The van der Waals surface area contributed by atoms with Gasteiger partial charge in [0.1, 0.15) is 6.04 Å². The van der Waals surface area contributed by atoms with E-state index in [1.165, 1.54) is 0 Å². The Balaban J connectivity index is 2.07. The molecular formula is C14H18ClN3O2. The Morgan fingerprint density at radius 1 is 1.45 bits per heavy atom. The molecule has 2 unspecified atom stereocenters. The maximum atomic E-state index is 12.4. The molecule has 0 aliphatic carbocycles. The molecule has 20 heavy (non-hydrogen) atoms. The van der Waals surface area contributed by atoms with Crippen molar-refractivity contribution in [2.24, 2.45) is 0 Å². The quantitative estimate of drug-likeness (QED) is 0.873. The molecule has 2 atom stereocenters. The Hall–Kier alpha value is -1.59. The van der Waals surface area contributed by atoms with Gasteiger partial charge in [0.05, 0.1) is 12.6 Å². The van der Waals surface area contributed by atoms with Crippen LogP contribution in [0.15, 0.2) is 24.3 Å². The number of carbonyl (C=O) groups excluding carboxylic acids is 2. The number of amides is 2. The molecule has 2 rings (SSSR count). The van der Waals surface area contributed by atoms with Crippen molar-refractivity contribution in [1.29, 1.82) is 0 Å². The number of nitrogens with one attached hydrogen (secondary N) is 2. The predicted molar refractivity (Wildman–Crippen MR) is 77.4 cm³/mol. The molecule has 2 N–H and O–H groups in total. The van der Waals surface area contributed by atoms with E-state index in [1.54, 1.807) is 11.9 Å². The minimum absolute atomic E-state index is 0.0579. The second-order valence-electron chi connectivity index (χ2n) is 4.88. The normalized spacial score (nSPS) is 20.1. The molecule has 1 aromatic carbocycles. The summed E-state index contributed by atoms with van der Waals surface area (Å²) in [5.41, 5.74) is 0.907. The number of halogens is 1. The van der Waals surface area contributed by atoms with Gasteiger partial charge in [-0.1, -0.05) is 29.8 Å². The molecule has 1 aliphatic rings. The summed E-state index contributed by atoms with van der Waals surface area (Å²) in [5.74, 6) is -0.145. The zero-order valence-corrected chi connectivity index (χ0v) is 12.3. The van der Waals surface area contributed by atoms with Gasteiger partial charge in [0, 0.05) is 18.6 Å². The van der Waals surface area contributed by atoms with Crippen LogP contribution in [0.3, 0.4) is 0 Å². The summed E-state index contributed by atoms with van der Waals surface area (Å²) in [7, 11) is 1.74. The van der Waals surface area contributed by atoms with E-state index in [0.717, 1.165) is 5.56 Å². The third kappa shape index (κ3) is 3.11. The van der Waals surface area contributed by atoms with E-state index >= 15 is 0 Å². The van der Waals surface area contributed by atoms with E-state index < -0.39 is 0 Å². The maximum absolute atomic E-state index is 12.4. The van der Waals surface area contributed by atoms with Crippen LogP contribution in [-0.4, -0.2) is 42.9 Å². The molecule has 1 saturated heterocycles. The molecule has 0 bridgehead atoms. The van der Waals surface area contributed by atoms with Crippen LogP contribution in [0.5, 0.6) is 0 Å². The minimum Gasteiger partial charge on any atom is -0.353 e. The summed E-state index contributed by atoms with van der Waals surface area (Å²) >= 11 is 6.16. The van der Waals surface area contributed by atoms with Gasteiger partial charge >= 0.3 is 0 Å². The van der Waals surface area contributed by atoms with E-state index in [2.05, 4.69) is 10.6 Å². The number of piperazine rings is 1. The second kappa shape index (κ2) is 6.24. The lowest BCUT2D eigenvalue weighted by Crippen LogP contribution is -2.58. The van der Waals surface area contributed by atoms with E-state index in [4.69, 9.17) is 11.6 Å². The Morgan fingerprint density at radius 2 is 2.15 bits per heavy atom. The van der Waals surface area contributed by atoms with Crippen molar-refractivity contribution in [2.75, 3.05) is 20.1 Å². The van der Waals surface area contributed by atoms with Crippen molar-refractivity contribution in [3.63, 3.8) is 0 Å². The molecule has 1 fully saturated rings. The van der Waals surface area contributed by atoms with Gasteiger partial charge < -0.3 is 10.2 Å².